The van der Waals surface area contributed by atoms with Crippen molar-refractivity contribution in [3.8, 4) is 11.5 Å². The number of methoxy groups -OCH3 is 1. The number of rotatable bonds is 6. The maximum absolute atomic E-state index is 12.6. The Morgan fingerprint density at radius 3 is 2.69 bits per heavy atom. The van der Waals surface area contributed by atoms with Gasteiger partial charge in [0.1, 0.15) is 28.8 Å². The second-order valence-corrected chi connectivity index (χ2v) is 9.35. The zero-order chi connectivity index (χ0) is 24.7. The number of benzene rings is 2. The summed E-state index contributed by atoms with van der Waals surface area (Å²) >= 11 is 12.6. The second-order valence-electron chi connectivity index (χ2n) is 8.50. The number of pyridine rings is 1. The summed E-state index contributed by atoms with van der Waals surface area (Å²) < 4.78 is 11.1. The number of carbonyl (C=O) groups excluding carboxylic acids is 1. The third kappa shape index (κ3) is 4.30. The average molecular weight is 513 g/mol. The summed E-state index contributed by atoms with van der Waals surface area (Å²) in [6.07, 6.45) is 2.18. The van der Waals surface area contributed by atoms with E-state index >= 15 is 0 Å². The molecule has 4 N–H and O–H groups in total. The Bertz CT molecular complexity index is 1440. The van der Waals surface area contributed by atoms with Gasteiger partial charge in [0.2, 0.25) is 0 Å². The lowest BCUT2D eigenvalue weighted by Gasteiger charge is -2.35. The first-order valence-corrected chi connectivity index (χ1v) is 11.5. The summed E-state index contributed by atoms with van der Waals surface area (Å²) in [5.41, 5.74) is 1.76. The van der Waals surface area contributed by atoms with Crippen molar-refractivity contribution in [1.29, 1.82) is 0 Å². The Labute approximate surface area is 211 Å². The SMILES string of the molecule is COC[C@]1(C)Nc2c(cnc3[nH]cc(C(O)c4ccc(Oc5cccc(Cl)c5)cc4Cl)c23)NC1=O. The standard InChI is InChI=1S/C25H22Cl2N4O4/c1-25(12-34-2)24(33)30-19-11-29-23-20(21(19)31-25)17(10-28-23)22(32)16-7-6-15(9-18(16)27)35-14-5-3-4-13(26)8-14/h3-11,22,31-32H,12H2,1-2H3,(H,28,29)(H,30,33)/t22?,25-/m0/s1. The van der Waals surface area contributed by atoms with Crippen molar-refractivity contribution >= 4 is 51.5 Å². The molecule has 0 saturated heterocycles. The number of aliphatic hydroxyl groups excluding tert-OH is 1. The van der Waals surface area contributed by atoms with Crippen molar-refractivity contribution in [2.24, 2.45) is 0 Å². The second kappa shape index (κ2) is 9.05. The molecule has 180 valence electrons. The lowest BCUT2D eigenvalue weighted by Crippen LogP contribution is -2.53. The number of anilines is 2. The molecule has 35 heavy (non-hydrogen) atoms. The predicted molar refractivity (Wildman–Crippen MR) is 136 cm³/mol. The molecule has 10 heteroatoms. The zero-order valence-electron chi connectivity index (χ0n) is 18.9. The third-order valence-corrected chi connectivity index (χ3v) is 6.47. The molecule has 0 bridgehead atoms. The Kier molecular flexibility index (Phi) is 6.06. The van der Waals surface area contributed by atoms with Gasteiger partial charge in [-0.05, 0) is 37.3 Å². The molecule has 1 aliphatic rings. The maximum Gasteiger partial charge on any atom is 0.252 e. The van der Waals surface area contributed by atoms with Crippen LogP contribution in [-0.2, 0) is 9.53 Å². The zero-order valence-corrected chi connectivity index (χ0v) is 20.4. The number of nitrogens with zero attached hydrogens (tertiary/aromatic N) is 1. The van der Waals surface area contributed by atoms with Crippen LogP contribution in [0.5, 0.6) is 11.5 Å². The Hall–Kier alpha value is -3.30. The van der Waals surface area contributed by atoms with Gasteiger partial charge in [0.25, 0.3) is 5.91 Å². The fourth-order valence-corrected chi connectivity index (χ4v) is 4.62. The Morgan fingerprint density at radius 1 is 1.14 bits per heavy atom. The fraction of sp³-hybridized carbons (Fsp3) is 0.200. The number of hydrogen-bond acceptors (Lipinski definition) is 6. The molecule has 0 radical (unpaired) electrons. The highest BCUT2D eigenvalue weighted by atomic mass is 35.5. The van der Waals surface area contributed by atoms with E-state index < -0.39 is 11.6 Å². The maximum atomic E-state index is 12.6. The number of aromatic amines is 1. The quantitative estimate of drug-likeness (QED) is 0.271. The number of carbonyl (C=O) groups is 1. The van der Waals surface area contributed by atoms with Crippen LogP contribution in [0.1, 0.15) is 24.2 Å². The lowest BCUT2D eigenvalue weighted by atomic mass is 9.95. The summed E-state index contributed by atoms with van der Waals surface area (Å²) in [6.45, 7) is 1.91. The van der Waals surface area contributed by atoms with Crippen LogP contribution in [0.25, 0.3) is 11.0 Å². The summed E-state index contributed by atoms with van der Waals surface area (Å²) in [7, 11) is 1.53. The molecule has 8 nitrogen and oxygen atoms in total. The molecule has 0 spiro atoms. The number of aliphatic hydroxyl groups is 1. The van der Waals surface area contributed by atoms with E-state index in [1.54, 1.807) is 61.8 Å². The third-order valence-electron chi connectivity index (χ3n) is 5.91. The molecular formula is C25H22Cl2N4O4. The van der Waals surface area contributed by atoms with E-state index in [0.717, 1.165) is 0 Å². The van der Waals surface area contributed by atoms with E-state index in [-0.39, 0.29) is 12.5 Å². The van der Waals surface area contributed by atoms with Crippen LogP contribution in [0.4, 0.5) is 11.4 Å². The minimum absolute atomic E-state index is 0.157. The molecular weight excluding hydrogens is 491 g/mol. The first kappa shape index (κ1) is 23.4. The number of amides is 1. The first-order chi connectivity index (χ1) is 16.8. The van der Waals surface area contributed by atoms with Gasteiger partial charge in [0.15, 0.2) is 0 Å². The normalized spacial score (nSPS) is 18.0. The molecule has 1 aliphatic heterocycles. The van der Waals surface area contributed by atoms with Gasteiger partial charge in [-0.25, -0.2) is 4.98 Å². The molecule has 0 saturated carbocycles. The average Bonchev–Trinajstić information content (AvgIpc) is 3.25. The van der Waals surface area contributed by atoms with Crippen molar-refractivity contribution in [2.45, 2.75) is 18.6 Å². The molecule has 0 aliphatic carbocycles. The van der Waals surface area contributed by atoms with Crippen molar-refractivity contribution in [2.75, 3.05) is 24.4 Å². The van der Waals surface area contributed by atoms with Crippen molar-refractivity contribution in [3.63, 3.8) is 0 Å². The van der Waals surface area contributed by atoms with Crippen LogP contribution in [-0.4, -0.2) is 40.2 Å². The number of hydrogen-bond donors (Lipinski definition) is 4. The molecule has 2 aromatic heterocycles. The minimum atomic E-state index is -1.07. The highest BCUT2D eigenvalue weighted by molar-refractivity contribution is 6.31. The first-order valence-electron chi connectivity index (χ1n) is 10.8. The van der Waals surface area contributed by atoms with Crippen LogP contribution in [0.2, 0.25) is 10.0 Å². The highest BCUT2D eigenvalue weighted by Gasteiger charge is 2.39. The molecule has 2 atom stereocenters. The largest absolute Gasteiger partial charge is 0.457 e. The number of H-pyrrole nitrogens is 1. The van der Waals surface area contributed by atoms with Crippen molar-refractivity contribution < 1.29 is 19.4 Å². The predicted octanol–water partition coefficient (Wildman–Crippen LogP) is 5.51. The summed E-state index contributed by atoms with van der Waals surface area (Å²) in [4.78, 5) is 20.1. The number of halogens is 2. The molecule has 3 heterocycles. The monoisotopic (exact) mass is 512 g/mol. The lowest BCUT2D eigenvalue weighted by molar-refractivity contribution is -0.121. The molecule has 2 aromatic carbocycles. The summed E-state index contributed by atoms with van der Waals surface area (Å²) in [5.74, 6) is 0.846. The molecule has 1 amide bonds. The van der Waals surface area contributed by atoms with E-state index in [9.17, 15) is 9.90 Å². The van der Waals surface area contributed by atoms with Gasteiger partial charge < -0.3 is 30.2 Å². The van der Waals surface area contributed by atoms with Crippen molar-refractivity contribution in [1.82, 2.24) is 9.97 Å². The summed E-state index contributed by atoms with van der Waals surface area (Å²) in [6, 6.07) is 12.1. The van der Waals surface area contributed by atoms with Crippen molar-refractivity contribution in [3.05, 3.63) is 76.0 Å². The number of aromatic nitrogens is 2. The van der Waals surface area contributed by atoms with Crippen LogP contribution >= 0.6 is 23.2 Å². The van der Waals surface area contributed by atoms with Gasteiger partial charge in [-0.2, -0.15) is 0 Å². The molecule has 5 rings (SSSR count). The smallest absolute Gasteiger partial charge is 0.252 e. The van der Waals surface area contributed by atoms with Gasteiger partial charge in [0, 0.05) is 29.5 Å². The fourth-order valence-electron chi connectivity index (χ4n) is 4.17. The van der Waals surface area contributed by atoms with E-state index in [1.165, 1.54) is 7.11 Å². The van der Waals surface area contributed by atoms with Gasteiger partial charge in [-0.3, -0.25) is 4.79 Å². The van der Waals surface area contributed by atoms with Crippen LogP contribution in [0, 0.1) is 0 Å². The van der Waals surface area contributed by atoms with E-state index in [0.29, 0.717) is 55.1 Å². The van der Waals surface area contributed by atoms with E-state index in [1.807, 2.05) is 0 Å². The van der Waals surface area contributed by atoms with Crippen LogP contribution < -0.4 is 15.4 Å². The van der Waals surface area contributed by atoms with Crippen LogP contribution in [0.3, 0.4) is 0 Å². The number of fused-ring (bicyclic) bond motifs is 3. The highest BCUT2D eigenvalue weighted by Crippen LogP contribution is 2.42. The topological polar surface area (TPSA) is 108 Å². The minimum Gasteiger partial charge on any atom is -0.457 e. The Morgan fingerprint density at radius 2 is 1.94 bits per heavy atom. The molecule has 0 fully saturated rings. The van der Waals surface area contributed by atoms with Gasteiger partial charge >= 0.3 is 0 Å². The molecule has 4 aromatic rings. The van der Waals surface area contributed by atoms with E-state index in [2.05, 4.69) is 20.6 Å². The Balaban J connectivity index is 1.50. The van der Waals surface area contributed by atoms with Crippen LogP contribution in [0.15, 0.2) is 54.9 Å². The number of nitrogens with one attached hydrogen (secondary N) is 3. The molecule has 1 unspecified atom stereocenters. The van der Waals surface area contributed by atoms with Gasteiger partial charge in [-0.15, -0.1) is 0 Å². The van der Waals surface area contributed by atoms with Gasteiger partial charge in [-0.1, -0.05) is 35.3 Å². The van der Waals surface area contributed by atoms with E-state index in [4.69, 9.17) is 32.7 Å². The number of ether oxygens (including phenoxy) is 2. The van der Waals surface area contributed by atoms with Gasteiger partial charge in [0.05, 0.1) is 34.6 Å². The summed E-state index contributed by atoms with van der Waals surface area (Å²) in [5, 5.41) is 19.0.